The zero-order chi connectivity index (χ0) is 12.4. The van der Waals surface area contributed by atoms with Crippen LogP contribution in [-0.2, 0) is 6.42 Å². The van der Waals surface area contributed by atoms with Crippen molar-refractivity contribution in [1.82, 2.24) is 9.38 Å². The first-order valence-corrected chi connectivity index (χ1v) is 7.74. The van der Waals surface area contributed by atoms with Gasteiger partial charge in [0.05, 0.1) is 5.69 Å². The van der Waals surface area contributed by atoms with Gasteiger partial charge in [-0.15, -0.1) is 35.5 Å². The summed E-state index contributed by atoms with van der Waals surface area (Å²) in [5.74, 6) is 0. The molecular formula is C12H20ClN3S2. The monoisotopic (exact) mass is 305 g/mol. The molecule has 2 rings (SSSR count). The van der Waals surface area contributed by atoms with Gasteiger partial charge in [0.15, 0.2) is 4.96 Å². The number of thiazole rings is 1. The second-order valence-corrected chi connectivity index (χ2v) is 6.90. The van der Waals surface area contributed by atoms with Crippen LogP contribution in [0.5, 0.6) is 0 Å². The van der Waals surface area contributed by atoms with Crippen molar-refractivity contribution in [3.05, 3.63) is 17.3 Å². The van der Waals surface area contributed by atoms with Crippen molar-refractivity contribution in [3.8, 4) is 0 Å². The highest BCUT2D eigenvalue weighted by atomic mass is 35.5. The largest absolute Gasteiger partial charge is 0.327 e. The second-order valence-electron chi connectivity index (χ2n) is 4.46. The van der Waals surface area contributed by atoms with Gasteiger partial charge in [0.2, 0.25) is 0 Å². The molecule has 0 spiro atoms. The number of hydrogen-bond donors (Lipinski definition) is 1. The summed E-state index contributed by atoms with van der Waals surface area (Å²) < 4.78 is 2.19. The number of imidazole rings is 1. The highest BCUT2D eigenvalue weighted by molar-refractivity contribution is 7.99. The van der Waals surface area contributed by atoms with Gasteiger partial charge in [0.1, 0.15) is 5.03 Å². The van der Waals surface area contributed by atoms with E-state index in [1.165, 1.54) is 5.69 Å². The van der Waals surface area contributed by atoms with E-state index in [4.69, 9.17) is 5.73 Å². The molecular weight excluding hydrogens is 286 g/mol. The molecule has 6 heteroatoms. The fourth-order valence-corrected chi connectivity index (χ4v) is 3.40. The summed E-state index contributed by atoms with van der Waals surface area (Å²) in [6.07, 6.45) is 4.00. The van der Waals surface area contributed by atoms with Crippen LogP contribution in [-0.4, -0.2) is 20.7 Å². The van der Waals surface area contributed by atoms with E-state index in [1.54, 1.807) is 11.3 Å². The number of halogens is 1. The van der Waals surface area contributed by atoms with E-state index < -0.39 is 0 Å². The van der Waals surface area contributed by atoms with Gasteiger partial charge in [-0.1, -0.05) is 20.8 Å². The SMILES string of the molecule is CCC(N)Cc1c(SC(C)C)nc2sccn12.Cl. The molecule has 18 heavy (non-hydrogen) atoms. The number of thioether (sulfide) groups is 1. The average molecular weight is 306 g/mol. The van der Waals surface area contributed by atoms with Crippen LogP contribution in [0.15, 0.2) is 16.6 Å². The molecule has 0 bridgehead atoms. The molecule has 0 saturated carbocycles. The van der Waals surface area contributed by atoms with Crippen LogP contribution in [0.1, 0.15) is 32.9 Å². The van der Waals surface area contributed by atoms with Crippen molar-refractivity contribution < 1.29 is 0 Å². The van der Waals surface area contributed by atoms with Crippen LogP contribution in [0, 0.1) is 0 Å². The molecule has 0 radical (unpaired) electrons. The number of hydrogen-bond acceptors (Lipinski definition) is 4. The predicted octanol–water partition coefficient (Wildman–Crippen LogP) is 3.60. The Hall–Kier alpha value is -0.230. The summed E-state index contributed by atoms with van der Waals surface area (Å²) in [5.41, 5.74) is 7.35. The van der Waals surface area contributed by atoms with E-state index in [0.717, 1.165) is 22.8 Å². The van der Waals surface area contributed by atoms with Gasteiger partial charge in [-0.2, -0.15) is 0 Å². The summed E-state index contributed by atoms with van der Waals surface area (Å²) in [6.45, 7) is 6.52. The molecule has 0 saturated heterocycles. The first kappa shape index (κ1) is 15.8. The molecule has 0 aliphatic heterocycles. The van der Waals surface area contributed by atoms with E-state index >= 15 is 0 Å². The van der Waals surface area contributed by atoms with Crippen LogP contribution >= 0.6 is 35.5 Å². The van der Waals surface area contributed by atoms with Crippen LogP contribution in [0.2, 0.25) is 0 Å². The molecule has 2 N–H and O–H groups in total. The normalized spacial score (nSPS) is 12.9. The van der Waals surface area contributed by atoms with E-state index in [2.05, 4.69) is 41.7 Å². The Morgan fingerprint density at radius 3 is 2.83 bits per heavy atom. The highest BCUT2D eigenvalue weighted by Crippen LogP contribution is 2.29. The fourth-order valence-electron chi connectivity index (χ4n) is 1.71. The molecule has 1 unspecified atom stereocenters. The Morgan fingerprint density at radius 2 is 2.22 bits per heavy atom. The Kier molecular flexibility index (Phi) is 5.98. The summed E-state index contributed by atoms with van der Waals surface area (Å²) in [6, 6.07) is 0.223. The second kappa shape index (κ2) is 6.80. The number of fused-ring (bicyclic) bond motifs is 1. The van der Waals surface area contributed by atoms with Gasteiger partial charge in [0.25, 0.3) is 0 Å². The number of nitrogens with two attached hydrogens (primary N) is 1. The van der Waals surface area contributed by atoms with Gasteiger partial charge < -0.3 is 5.73 Å². The van der Waals surface area contributed by atoms with Gasteiger partial charge in [-0.05, 0) is 6.42 Å². The molecule has 0 aliphatic rings. The number of nitrogens with zero attached hydrogens (tertiary/aromatic N) is 2. The van der Waals surface area contributed by atoms with E-state index in [9.17, 15) is 0 Å². The Labute approximate surface area is 123 Å². The Bertz CT molecular complexity index is 492. The molecule has 0 fully saturated rings. The highest BCUT2D eigenvalue weighted by Gasteiger charge is 2.16. The Balaban J connectivity index is 0.00000162. The smallest absolute Gasteiger partial charge is 0.194 e. The lowest BCUT2D eigenvalue weighted by Gasteiger charge is -2.10. The maximum absolute atomic E-state index is 6.08. The predicted molar refractivity (Wildman–Crippen MR) is 83.3 cm³/mol. The van der Waals surface area contributed by atoms with Gasteiger partial charge in [0, 0.05) is 29.3 Å². The van der Waals surface area contributed by atoms with Gasteiger partial charge in [-0.3, -0.25) is 4.40 Å². The minimum absolute atomic E-state index is 0. The lowest BCUT2D eigenvalue weighted by atomic mass is 10.1. The van der Waals surface area contributed by atoms with E-state index in [-0.39, 0.29) is 18.4 Å². The summed E-state index contributed by atoms with van der Waals surface area (Å²) in [5, 5.41) is 3.78. The molecule has 102 valence electrons. The molecule has 0 aliphatic carbocycles. The van der Waals surface area contributed by atoms with E-state index in [0.29, 0.717) is 5.25 Å². The van der Waals surface area contributed by atoms with E-state index in [1.807, 2.05) is 11.8 Å². The first-order valence-electron chi connectivity index (χ1n) is 5.98. The third-order valence-electron chi connectivity index (χ3n) is 2.65. The van der Waals surface area contributed by atoms with Crippen molar-refractivity contribution in [2.24, 2.45) is 5.73 Å². The fraction of sp³-hybridized carbons (Fsp3) is 0.583. The van der Waals surface area contributed by atoms with Crippen molar-refractivity contribution in [1.29, 1.82) is 0 Å². The van der Waals surface area contributed by atoms with Crippen LogP contribution < -0.4 is 5.73 Å². The summed E-state index contributed by atoms with van der Waals surface area (Å²) >= 11 is 3.51. The standard InChI is InChI=1S/C12H19N3S2.ClH/c1-4-9(13)7-10-11(17-8(2)3)14-12-15(10)5-6-16-12;/h5-6,8-9H,4,7,13H2,1-3H3;1H. The maximum atomic E-state index is 6.08. The van der Waals surface area contributed by atoms with Crippen LogP contribution in [0.4, 0.5) is 0 Å². The zero-order valence-corrected chi connectivity index (χ0v) is 13.4. The van der Waals surface area contributed by atoms with Crippen LogP contribution in [0.25, 0.3) is 4.96 Å². The van der Waals surface area contributed by atoms with Gasteiger partial charge in [-0.25, -0.2) is 4.98 Å². The minimum Gasteiger partial charge on any atom is -0.327 e. The maximum Gasteiger partial charge on any atom is 0.194 e. The third-order valence-corrected chi connectivity index (χ3v) is 4.43. The first-order chi connectivity index (χ1) is 8.11. The van der Waals surface area contributed by atoms with Crippen molar-refractivity contribution >= 4 is 40.5 Å². The topological polar surface area (TPSA) is 43.3 Å². The zero-order valence-electron chi connectivity index (χ0n) is 10.9. The molecule has 2 aromatic rings. The molecule has 3 nitrogen and oxygen atoms in total. The summed E-state index contributed by atoms with van der Waals surface area (Å²) in [4.78, 5) is 5.76. The Morgan fingerprint density at radius 1 is 1.50 bits per heavy atom. The van der Waals surface area contributed by atoms with Crippen LogP contribution in [0.3, 0.4) is 0 Å². The lowest BCUT2D eigenvalue weighted by molar-refractivity contribution is 0.627. The number of aromatic nitrogens is 2. The lowest BCUT2D eigenvalue weighted by Crippen LogP contribution is -2.22. The average Bonchev–Trinajstić information content (AvgIpc) is 2.81. The quantitative estimate of drug-likeness (QED) is 0.858. The number of rotatable bonds is 5. The molecule has 0 amide bonds. The van der Waals surface area contributed by atoms with Crippen molar-refractivity contribution in [2.75, 3.05) is 0 Å². The van der Waals surface area contributed by atoms with Gasteiger partial charge >= 0.3 is 0 Å². The molecule has 2 heterocycles. The van der Waals surface area contributed by atoms with Crippen molar-refractivity contribution in [3.63, 3.8) is 0 Å². The molecule has 2 aromatic heterocycles. The van der Waals surface area contributed by atoms with Crippen molar-refractivity contribution in [2.45, 2.75) is 49.9 Å². The third kappa shape index (κ3) is 3.41. The minimum atomic E-state index is 0. The summed E-state index contributed by atoms with van der Waals surface area (Å²) in [7, 11) is 0. The molecule has 1 atom stereocenters. The molecule has 0 aromatic carbocycles.